The molecule has 1 saturated heterocycles. The van der Waals surface area contributed by atoms with E-state index in [1.165, 1.54) is 38.0 Å². The Hall–Kier alpha value is -0.800. The summed E-state index contributed by atoms with van der Waals surface area (Å²) in [6.07, 6.45) is 6.19. The SMILES string of the molecule is CN1CCC(CCNCc2cccn2C)CC1. The van der Waals surface area contributed by atoms with Crippen LogP contribution >= 0.6 is 0 Å². The lowest BCUT2D eigenvalue weighted by Crippen LogP contribution is -2.31. The summed E-state index contributed by atoms with van der Waals surface area (Å²) in [6, 6.07) is 4.29. The minimum absolute atomic E-state index is 0.937. The maximum atomic E-state index is 3.55. The minimum atomic E-state index is 0.937. The van der Waals surface area contributed by atoms with E-state index in [9.17, 15) is 0 Å². The number of nitrogens with one attached hydrogen (secondary N) is 1. The van der Waals surface area contributed by atoms with Gasteiger partial charge in [-0.1, -0.05) is 0 Å². The van der Waals surface area contributed by atoms with Crippen LogP contribution in [-0.2, 0) is 13.6 Å². The quantitative estimate of drug-likeness (QED) is 0.786. The van der Waals surface area contributed by atoms with Gasteiger partial charge in [-0.05, 0) is 64.0 Å². The molecule has 0 aromatic carbocycles. The zero-order valence-electron chi connectivity index (χ0n) is 11.2. The molecule has 1 aliphatic rings. The molecular weight excluding hydrogens is 210 g/mol. The zero-order valence-corrected chi connectivity index (χ0v) is 11.2. The molecular formula is C14H25N3. The van der Waals surface area contributed by atoms with E-state index in [1.807, 2.05) is 0 Å². The van der Waals surface area contributed by atoms with Crippen molar-refractivity contribution < 1.29 is 0 Å². The first kappa shape index (κ1) is 12.7. The molecule has 0 bridgehead atoms. The smallest absolute Gasteiger partial charge is 0.0359 e. The van der Waals surface area contributed by atoms with Gasteiger partial charge in [-0.3, -0.25) is 0 Å². The van der Waals surface area contributed by atoms with Gasteiger partial charge in [-0.15, -0.1) is 0 Å². The van der Waals surface area contributed by atoms with Crippen molar-refractivity contribution in [3.8, 4) is 0 Å². The molecule has 2 rings (SSSR count). The monoisotopic (exact) mass is 235 g/mol. The van der Waals surface area contributed by atoms with Crippen LogP contribution in [0.2, 0.25) is 0 Å². The van der Waals surface area contributed by atoms with Crippen molar-refractivity contribution in [3.05, 3.63) is 24.0 Å². The Bertz CT molecular complexity index is 324. The Balaban J connectivity index is 1.59. The first-order valence-corrected chi connectivity index (χ1v) is 6.75. The van der Waals surface area contributed by atoms with E-state index in [2.05, 4.69) is 47.2 Å². The average molecular weight is 235 g/mol. The van der Waals surface area contributed by atoms with Crippen molar-refractivity contribution in [2.45, 2.75) is 25.8 Å². The third-order valence-electron chi connectivity index (χ3n) is 3.92. The highest BCUT2D eigenvalue weighted by Crippen LogP contribution is 2.18. The van der Waals surface area contributed by atoms with Crippen LogP contribution in [0.15, 0.2) is 18.3 Å². The van der Waals surface area contributed by atoms with Crippen LogP contribution in [-0.4, -0.2) is 36.1 Å². The van der Waals surface area contributed by atoms with Crippen molar-refractivity contribution in [2.24, 2.45) is 13.0 Å². The number of hydrogen-bond acceptors (Lipinski definition) is 2. The second-order valence-corrected chi connectivity index (χ2v) is 5.32. The van der Waals surface area contributed by atoms with Crippen LogP contribution < -0.4 is 5.32 Å². The van der Waals surface area contributed by atoms with Crippen LogP contribution in [0.4, 0.5) is 0 Å². The van der Waals surface area contributed by atoms with Gasteiger partial charge in [0, 0.05) is 25.5 Å². The molecule has 3 nitrogen and oxygen atoms in total. The predicted octanol–water partition coefficient (Wildman–Crippen LogP) is 1.85. The second-order valence-electron chi connectivity index (χ2n) is 5.32. The number of rotatable bonds is 5. The molecule has 1 N–H and O–H groups in total. The van der Waals surface area contributed by atoms with Crippen LogP contribution in [0.3, 0.4) is 0 Å². The maximum Gasteiger partial charge on any atom is 0.0359 e. The lowest BCUT2D eigenvalue weighted by Gasteiger charge is -2.28. The van der Waals surface area contributed by atoms with Crippen molar-refractivity contribution in [3.63, 3.8) is 0 Å². The van der Waals surface area contributed by atoms with E-state index in [0.29, 0.717) is 0 Å². The number of aromatic nitrogens is 1. The van der Waals surface area contributed by atoms with E-state index in [4.69, 9.17) is 0 Å². The highest BCUT2D eigenvalue weighted by Gasteiger charge is 2.15. The van der Waals surface area contributed by atoms with E-state index in [0.717, 1.165) is 19.0 Å². The average Bonchev–Trinajstić information content (AvgIpc) is 2.73. The highest BCUT2D eigenvalue weighted by atomic mass is 15.1. The summed E-state index contributed by atoms with van der Waals surface area (Å²) in [4.78, 5) is 2.44. The molecule has 0 unspecified atom stereocenters. The van der Waals surface area contributed by atoms with Gasteiger partial charge in [0.25, 0.3) is 0 Å². The molecule has 0 atom stereocenters. The van der Waals surface area contributed by atoms with Crippen molar-refractivity contribution in [2.75, 3.05) is 26.7 Å². The molecule has 3 heteroatoms. The van der Waals surface area contributed by atoms with Gasteiger partial charge >= 0.3 is 0 Å². The molecule has 0 spiro atoms. The van der Waals surface area contributed by atoms with Gasteiger partial charge in [-0.25, -0.2) is 0 Å². The topological polar surface area (TPSA) is 20.2 Å². The Labute approximate surface area is 105 Å². The number of piperidine rings is 1. The lowest BCUT2D eigenvalue weighted by atomic mass is 9.94. The Morgan fingerprint density at radius 3 is 2.71 bits per heavy atom. The van der Waals surface area contributed by atoms with Gasteiger partial charge in [0.05, 0.1) is 0 Å². The molecule has 17 heavy (non-hydrogen) atoms. The number of nitrogens with zero attached hydrogens (tertiary/aromatic N) is 2. The standard InChI is InChI=1S/C14H25N3/c1-16-10-6-13(7-11-16)5-8-15-12-14-4-3-9-17(14)2/h3-4,9,13,15H,5-8,10-12H2,1-2H3. The predicted molar refractivity (Wildman–Crippen MR) is 72.0 cm³/mol. The molecule has 1 aliphatic heterocycles. The molecule has 0 amide bonds. The Morgan fingerprint density at radius 1 is 1.29 bits per heavy atom. The van der Waals surface area contributed by atoms with E-state index in [-0.39, 0.29) is 0 Å². The molecule has 0 aliphatic carbocycles. The molecule has 96 valence electrons. The van der Waals surface area contributed by atoms with Crippen molar-refractivity contribution in [1.82, 2.24) is 14.8 Å². The summed E-state index contributed by atoms with van der Waals surface area (Å²) in [5.41, 5.74) is 1.37. The van der Waals surface area contributed by atoms with Gasteiger partial charge in [-0.2, -0.15) is 0 Å². The second kappa shape index (κ2) is 6.22. The summed E-state index contributed by atoms with van der Waals surface area (Å²) in [5, 5.41) is 3.55. The molecule has 1 aromatic rings. The van der Waals surface area contributed by atoms with E-state index >= 15 is 0 Å². The third-order valence-corrected chi connectivity index (χ3v) is 3.92. The number of aryl methyl sites for hydroxylation is 1. The Kier molecular flexibility index (Phi) is 4.63. The number of likely N-dealkylation sites (tertiary alicyclic amines) is 1. The first-order chi connectivity index (χ1) is 8.25. The Morgan fingerprint density at radius 2 is 2.06 bits per heavy atom. The summed E-state index contributed by atoms with van der Waals surface area (Å²) < 4.78 is 2.18. The molecule has 2 heterocycles. The van der Waals surface area contributed by atoms with Gasteiger partial charge in [0.2, 0.25) is 0 Å². The fourth-order valence-electron chi connectivity index (χ4n) is 2.55. The summed E-state index contributed by atoms with van der Waals surface area (Å²) in [5.74, 6) is 0.937. The van der Waals surface area contributed by atoms with Crippen LogP contribution in [0.5, 0.6) is 0 Å². The van der Waals surface area contributed by atoms with Gasteiger partial charge < -0.3 is 14.8 Å². The van der Waals surface area contributed by atoms with Gasteiger partial charge in [0.15, 0.2) is 0 Å². The molecule has 0 saturated carbocycles. The van der Waals surface area contributed by atoms with Crippen molar-refractivity contribution in [1.29, 1.82) is 0 Å². The van der Waals surface area contributed by atoms with Gasteiger partial charge in [0.1, 0.15) is 0 Å². The first-order valence-electron chi connectivity index (χ1n) is 6.75. The number of hydrogen-bond donors (Lipinski definition) is 1. The van der Waals surface area contributed by atoms with Crippen molar-refractivity contribution >= 4 is 0 Å². The van der Waals surface area contributed by atoms with E-state index in [1.54, 1.807) is 0 Å². The minimum Gasteiger partial charge on any atom is -0.353 e. The summed E-state index contributed by atoms with van der Waals surface area (Å²) >= 11 is 0. The fraction of sp³-hybridized carbons (Fsp3) is 0.714. The summed E-state index contributed by atoms with van der Waals surface area (Å²) in [7, 11) is 4.33. The molecule has 1 aromatic heterocycles. The maximum absolute atomic E-state index is 3.55. The van der Waals surface area contributed by atoms with E-state index < -0.39 is 0 Å². The lowest BCUT2D eigenvalue weighted by molar-refractivity contribution is 0.211. The molecule has 0 radical (unpaired) electrons. The largest absolute Gasteiger partial charge is 0.353 e. The highest BCUT2D eigenvalue weighted by molar-refractivity contribution is 5.05. The summed E-state index contributed by atoms with van der Waals surface area (Å²) in [6.45, 7) is 4.71. The van der Waals surface area contributed by atoms with Crippen LogP contribution in [0.1, 0.15) is 25.0 Å². The normalized spacial score (nSPS) is 18.7. The van der Waals surface area contributed by atoms with Crippen LogP contribution in [0, 0.1) is 5.92 Å². The zero-order chi connectivity index (χ0) is 12.1. The molecule has 1 fully saturated rings. The third kappa shape index (κ3) is 3.86. The van der Waals surface area contributed by atoms with Crippen LogP contribution in [0.25, 0.3) is 0 Å². The fourth-order valence-corrected chi connectivity index (χ4v) is 2.55.